The van der Waals surface area contributed by atoms with Gasteiger partial charge in [0.05, 0.1) is 11.9 Å². The van der Waals surface area contributed by atoms with E-state index in [1.54, 1.807) is 0 Å². The predicted octanol–water partition coefficient (Wildman–Crippen LogP) is 2.08. The topological polar surface area (TPSA) is 96.3 Å². The molecule has 0 bridgehead atoms. The zero-order valence-corrected chi connectivity index (χ0v) is 15.7. The number of piperidine rings is 2. The number of hydrogen-bond donors (Lipinski definition) is 3. The maximum Gasteiger partial charge on any atom is 0.229 e. The first-order valence-corrected chi connectivity index (χ1v) is 9.89. The van der Waals surface area contributed by atoms with E-state index >= 15 is 0 Å². The number of nitrogens with two attached hydrogens (primary N) is 2. The first-order chi connectivity index (χ1) is 13.2. The van der Waals surface area contributed by atoms with Crippen LogP contribution in [-0.4, -0.2) is 48.2 Å². The van der Waals surface area contributed by atoms with Crippen molar-refractivity contribution in [2.75, 3.05) is 41.3 Å². The van der Waals surface area contributed by atoms with Crippen LogP contribution in [0.15, 0.2) is 36.5 Å². The molecule has 1 aromatic heterocycles. The molecule has 7 heteroatoms. The Hall–Kier alpha value is -2.38. The maximum absolute atomic E-state index is 6.11. The Labute approximate surface area is 160 Å². The van der Waals surface area contributed by atoms with Gasteiger partial charge in [0.15, 0.2) is 5.82 Å². The summed E-state index contributed by atoms with van der Waals surface area (Å²) in [7, 11) is 0. The monoisotopic (exact) mass is 367 g/mol. The molecule has 4 rings (SSSR count). The van der Waals surface area contributed by atoms with Crippen LogP contribution in [-0.2, 0) is 0 Å². The molecule has 0 saturated carbocycles. The Bertz CT molecular complexity index is 735. The first-order valence-electron chi connectivity index (χ1n) is 9.89. The Morgan fingerprint density at radius 1 is 0.852 bits per heavy atom. The van der Waals surface area contributed by atoms with E-state index in [4.69, 9.17) is 16.5 Å². The summed E-state index contributed by atoms with van der Waals surface area (Å²) in [4.78, 5) is 14.2. The van der Waals surface area contributed by atoms with Crippen molar-refractivity contribution in [3.8, 4) is 0 Å². The van der Waals surface area contributed by atoms with Gasteiger partial charge in [0.25, 0.3) is 0 Å². The van der Waals surface area contributed by atoms with E-state index in [2.05, 4.69) is 20.1 Å². The zero-order valence-electron chi connectivity index (χ0n) is 15.7. The third-order valence-electron chi connectivity index (χ3n) is 5.50. The molecular formula is C20H29N7. The second-order valence-electron chi connectivity index (χ2n) is 7.54. The molecule has 0 spiro atoms. The second kappa shape index (κ2) is 8.10. The highest BCUT2D eigenvalue weighted by molar-refractivity contribution is 5.69. The van der Waals surface area contributed by atoms with E-state index in [9.17, 15) is 0 Å². The largest absolute Gasteiger partial charge is 0.367 e. The van der Waals surface area contributed by atoms with Gasteiger partial charge in [-0.3, -0.25) is 0 Å². The number of para-hydroxylation sites is 1. The summed E-state index contributed by atoms with van der Waals surface area (Å²) < 4.78 is 0. The molecule has 2 fully saturated rings. The lowest BCUT2D eigenvalue weighted by atomic mass is 10.0. The van der Waals surface area contributed by atoms with Crippen molar-refractivity contribution < 1.29 is 0 Å². The van der Waals surface area contributed by atoms with Crippen LogP contribution in [0.1, 0.15) is 25.7 Å². The van der Waals surface area contributed by atoms with Gasteiger partial charge in [-0.1, -0.05) is 18.2 Å². The van der Waals surface area contributed by atoms with Crippen LogP contribution in [0.5, 0.6) is 0 Å². The van der Waals surface area contributed by atoms with Gasteiger partial charge in [0.2, 0.25) is 5.95 Å². The minimum atomic E-state index is 0.293. The third-order valence-corrected chi connectivity index (χ3v) is 5.50. The van der Waals surface area contributed by atoms with Crippen molar-refractivity contribution in [2.45, 2.75) is 37.8 Å². The Morgan fingerprint density at radius 3 is 2.07 bits per heavy atom. The molecule has 144 valence electrons. The van der Waals surface area contributed by atoms with Gasteiger partial charge in [-0.05, 0) is 37.8 Å². The average Bonchev–Trinajstić information content (AvgIpc) is 2.70. The van der Waals surface area contributed by atoms with E-state index < -0.39 is 0 Å². The number of nitrogens with zero attached hydrogens (tertiary/aromatic N) is 4. The van der Waals surface area contributed by atoms with Gasteiger partial charge in [-0.25, -0.2) is 4.98 Å². The van der Waals surface area contributed by atoms with Crippen LogP contribution in [0.25, 0.3) is 0 Å². The second-order valence-corrected chi connectivity index (χ2v) is 7.54. The predicted molar refractivity (Wildman–Crippen MR) is 111 cm³/mol. The van der Waals surface area contributed by atoms with Gasteiger partial charge in [-0.15, -0.1) is 0 Å². The summed E-state index contributed by atoms with van der Waals surface area (Å²) in [5.41, 5.74) is 14.3. The van der Waals surface area contributed by atoms with Crippen LogP contribution in [0.3, 0.4) is 0 Å². The normalized spacial score (nSPS) is 19.3. The van der Waals surface area contributed by atoms with Gasteiger partial charge >= 0.3 is 0 Å². The van der Waals surface area contributed by atoms with Gasteiger partial charge in [0, 0.05) is 44.0 Å². The fourth-order valence-corrected chi connectivity index (χ4v) is 3.78. The molecule has 0 aliphatic carbocycles. The zero-order chi connectivity index (χ0) is 18.6. The van der Waals surface area contributed by atoms with Crippen LogP contribution < -0.4 is 26.6 Å². The smallest absolute Gasteiger partial charge is 0.229 e. The number of anilines is 4. The molecule has 0 radical (unpaired) electrons. The highest BCUT2D eigenvalue weighted by Crippen LogP contribution is 2.32. The number of hydrogen-bond acceptors (Lipinski definition) is 7. The summed E-state index contributed by atoms with van der Waals surface area (Å²) in [5, 5.41) is 3.32. The number of benzene rings is 1. The number of rotatable bonds is 4. The molecule has 0 atom stereocenters. The van der Waals surface area contributed by atoms with Crippen molar-refractivity contribution in [3.05, 3.63) is 36.5 Å². The SMILES string of the molecule is NC1CCN(c2cnc(Nc3ccccc3)nc2N2CCC(N)CC2)CC1. The summed E-state index contributed by atoms with van der Waals surface area (Å²) in [5.74, 6) is 1.63. The lowest BCUT2D eigenvalue weighted by Gasteiger charge is -2.37. The molecule has 7 nitrogen and oxygen atoms in total. The molecule has 0 unspecified atom stereocenters. The minimum absolute atomic E-state index is 0.293. The molecule has 2 aromatic rings. The van der Waals surface area contributed by atoms with E-state index in [0.717, 1.165) is 69.1 Å². The molecular weight excluding hydrogens is 338 g/mol. The number of nitrogens with one attached hydrogen (secondary N) is 1. The third kappa shape index (κ3) is 4.31. The molecule has 2 saturated heterocycles. The summed E-state index contributed by atoms with van der Waals surface area (Å²) in [6, 6.07) is 10.6. The minimum Gasteiger partial charge on any atom is -0.367 e. The van der Waals surface area contributed by atoms with E-state index in [-0.39, 0.29) is 0 Å². The van der Waals surface area contributed by atoms with Crippen LogP contribution in [0.2, 0.25) is 0 Å². The molecule has 0 amide bonds. The van der Waals surface area contributed by atoms with Crippen molar-refractivity contribution in [3.63, 3.8) is 0 Å². The van der Waals surface area contributed by atoms with Gasteiger partial charge < -0.3 is 26.6 Å². The van der Waals surface area contributed by atoms with Crippen LogP contribution in [0, 0.1) is 0 Å². The average molecular weight is 368 g/mol. The van der Waals surface area contributed by atoms with Crippen molar-refractivity contribution >= 4 is 23.1 Å². The lowest BCUT2D eigenvalue weighted by molar-refractivity contribution is 0.490. The molecule has 3 heterocycles. The fourth-order valence-electron chi connectivity index (χ4n) is 3.78. The standard InChI is InChI=1S/C20H29N7/c21-15-6-10-26(11-7-15)18-14-23-20(24-17-4-2-1-3-5-17)25-19(18)27-12-8-16(22)9-13-27/h1-5,14-16H,6-13,21-22H2,(H,23,24,25). The number of aromatic nitrogens is 2. The van der Waals surface area contributed by atoms with E-state index in [1.165, 1.54) is 0 Å². The molecule has 2 aliphatic rings. The summed E-state index contributed by atoms with van der Waals surface area (Å²) in [6.07, 6.45) is 5.97. The first kappa shape index (κ1) is 18.0. The Morgan fingerprint density at radius 2 is 1.44 bits per heavy atom. The van der Waals surface area contributed by atoms with Crippen molar-refractivity contribution in [1.29, 1.82) is 0 Å². The molecule has 27 heavy (non-hydrogen) atoms. The Kier molecular flexibility index (Phi) is 5.40. The van der Waals surface area contributed by atoms with Crippen molar-refractivity contribution in [2.24, 2.45) is 11.5 Å². The highest BCUT2D eigenvalue weighted by Gasteiger charge is 2.25. The summed E-state index contributed by atoms with van der Waals surface area (Å²) >= 11 is 0. The lowest BCUT2D eigenvalue weighted by Crippen LogP contribution is -2.43. The van der Waals surface area contributed by atoms with Gasteiger partial charge in [0.1, 0.15) is 0 Å². The van der Waals surface area contributed by atoms with Crippen molar-refractivity contribution in [1.82, 2.24) is 9.97 Å². The van der Waals surface area contributed by atoms with Crippen LogP contribution >= 0.6 is 0 Å². The fraction of sp³-hybridized carbons (Fsp3) is 0.500. The highest BCUT2D eigenvalue weighted by atomic mass is 15.3. The summed E-state index contributed by atoms with van der Waals surface area (Å²) in [6.45, 7) is 3.78. The van der Waals surface area contributed by atoms with Crippen LogP contribution in [0.4, 0.5) is 23.1 Å². The van der Waals surface area contributed by atoms with Gasteiger partial charge in [-0.2, -0.15) is 4.98 Å². The Balaban J connectivity index is 1.61. The van der Waals surface area contributed by atoms with E-state index in [1.807, 2.05) is 36.5 Å². The maximum atomic E-state index is 6.11. The quantitative estimate of drug-likeness (QED) is 0.761. The molecule has 1 aromatic carbocycles. The van der Waals surface area contributed by atoms with E-state index in [0.29, 0.717) is 18.0 Å². The molecule has 5 N–H and O–H groups in total. The molecule has 2 aliphatic heterocycles.